The van der Waals surface area contributed by atoms with Gasteiger partial charge < -0.3 is 15.7 Å². The van der Waals surface area contributed by atoms with E-state index in [4.69, 9.17) is 16.7 Å². The van der Waals surface area contributed by atoms with Gasteiger partial charge in [-0.2, -0.15) is 0 Å². The average molecular weight is 386 g/mol. The van der Waals surface area contributed by atoms with E-state index in [1.807, 2.05) is 13.8 Å². The van der Waals surface area contributed by atoms with Crippen molar-refractivity contribution in [2.24, 2.45) is 11.8 Å². The number of hydrogen-bond acceptors (Lipinski definition) is 5. The maximum Gasteiger partial charge on any atom is 0.308 e. The van der Waals surface area contributed by atoms with Gasteiger partial charge in [0.2, 0.25) is 5.91 Å². The Morgan fingerprint density at radius 2 is 1.92 bits per heavy atom. The third-order valence-corrected chi connectivity index (χ3v) is 3.79. The van der Waals surface area contributed by atoms with E-state index in [0.717, 1.165) is 6.07 Å². The van der Waals surface area contributed by atoms with Crippen molar-refractivity contribution in [3.63, 3.8) is 0 Å². The number of nitrogens with zero attached hydrogens (tertiary/aromatic N) is 1. The molecule has 0 saturated carbocycles. The second-order valence-corrected chi connectivity index (χ2v) is 6.45. The fraction of sp³-hybridized carbons (Fsp3) is 0.438. The number of nitro benzene ring substituents is 1. The molecule has 1 rings (SSSR count). The molecule has 0 fully saturated rings. The quantitative estimate of drug-likeness (QED) is 0.438. The van der Waals surface area contributed by atoms with Gasteiger partial charge in [0.05, 0.1) is 22.4 Å². The van der Waals surface area contributed by atoms with E-state index in [0.29, 0.717) is 6.42 Å². The standard InChI is InChI=1S/C16H20ClN3O6/c1-9(2)6-10(16(23)24)7-18-13(21)8-19-15(22)14-11(17)4-3-5-12(14)20(25)26/h3-5,9-10H,6-8H2,1-2H3,(H,18,21)(H,19,22)(H,23,24). The lowest BCUT2D eigenvalue weighted by Gasteiger charge is -2.15. The lowest BCUT2D eigenvalue weighted by molar-refractivity contribution is -0.385. The second-order valence-electron chi connectivity index (χ2n) is 6.04. The summed E-state index contributed by atoms with van der Waals surface area (Å²) in [7, 11) is 0. The van der Waals surface area contributed by atoms with Gasteiger partial charge in [0.25, 0.3) is 11.6 Å². The van der Waals surface area contributed by atoms with E-state index >= 15 is 0 Å². The topological polar surface area (TPSA) is 139 Å². The highest BCUT2D eigenvalue weighted by atomic mass is 35.5. The van der Waals surface area contributed by atoms with Crippen molar-refractivity contribution >= 4 is 35.1 Å². The maximum atomic E-state index is 12.1. The van der Waals surface area contributed by atoms with Gasteiger partial charge in [-0.1, -0.05) is 31.5 Å². The highest BCUT2D eigenvalue weighted by Gasteiger charge is 2.24. The molecule has 0 heterocycles. The first kappa shape index (κ1) is 21.4. The summed E-state index contributed by atoms with van der Waals surface area (Å²) in [6, 6.07) is 3.79. The van der Waals surface area contributed by atoms with Crippen molar-refractivity contribution in [2.75, 3.05) is 13.1 Å². The molecular weight excluding hydrogens is 366 g/mol. The number of nitrogens with one attached hydrogen (secondary N) is 2. The molecule has 26 heavy (non-hydrogen) atoms. The predicted octanol–water partition coefficient (Wildman–Crippen LogP) is 1.84. The molecule has 0 bridgehead atoms. The molecule has 0 aliphatic heterocycles. The molecule has 9 nitrogen and oxygen atoms in total. The number of carbonyl (C=O) groups excluding carboxylic acids is 2. The first-order valence-electron chi connectivity index (χ1n) is 7.84. The Morgan fingerprint density at radius 3 is 2.46 bits per heavy atom. The Bertz CT molecular complexity index is 707. The van der Waals surface area contributed by atoms with Crippen LogP contribution in [0.5, 0.6) is 0 Å². The number of rotatable bonds is 9. The molecule has 0 saturated heterocycles. The number of carboxylic acids is 1. The molecule has 0 spiro atoms. The average Bonchev–Trinajstić information content (AvgIpc) is 2.55. The Hall–Kier alpha value is -2.68. The molecule has 2 amide bonds. The molecule has 1 aromatic carbocycles. The Balaban J connectivity index is 2.64. The van der Waals surface area contributed by atoms with E-state index < -0.39 is 40.9 Å². The summed E-state index contributed by atoms with van der Waals surface area (Å²) in [6.07, 6.45) is 0.397. The first-order valence-corrected chi connectivity index (χ1v) is 8.21. The Morgan fingerprint density at radius 1 is 1.27 bits per heavy atom. The van der Waals surface area contributed by atoms with Crippen LogP contribution in [0.1, 0.15) is 30.6 Å². The van der Waals surface area contributed by atoms with Crippen molar-refractivity contribution in [1.29, 1.82) is 0 Å². The molecule has 1 atom stereocenters. The van der Waals surface area contributed by atoms with Gasteiger partial charge in [-0.3, -0.25) is 24.5 Å². The molecule has 0 aliphatic rings. The summed E-state index contributed by atoms with van der Waals surface area (Å²) in [6.45, 7) is 3.20. The summed E-state index contributed by atoms with van der Waals surface area (Å²) in [5.41, 5.74) is -0.812. The highest BCUT2D eigenvalue weighted by Crippen LogP contribution is 2.25. The highest BCUT2D eigenvalue weighted by molar-refractivity contribution is 6.34. The number of nitro groups is 1. The zero-order valence-electron chi connectivity index (χ0n) is 14.3. The van der Waals surface area contributed by atoms with Crippen molar-refractivity contribution in [3.05, 3.63) is 38.9 Å². The fourth-order valence-electron chi connectivity index (χ4n) is 2.28. The van der Waals surface area contributed by atoms with Crippen LogP contribution in [0.3, 0.4) is 0 Å². The minimum Gasteiger partial charge on any atom is -0.481 e. The lowest BCUT2D eigenvalue weighted by atomic mass is 9.97. The van der Waals surface area contributed by atoms with Crippen LogP contribution in [0.4, 0.5) is 5.69 Å². The Kier molecular flexibility index (Phi) is 7.98. The van der Waals surface area contributed by atoms with Gasteiger partial charge in [0.15, 0.2) is 0 Å². The summed E-state index contributed by atoms with van der Waals surface area (Å²) < 4.78 is 0. The van der Waals surface area contributed by atoms with Crippen LogP contribution in [0, 0.1) is 22.0 Å². The first-order chi connectivity index (χ1) is 12.1. The van der Waals surface area contributed by atoms with Crippen LogP contribution >= 0.6 is 11.6 Å². The molecule has 142 valence electrons. The van der Waals surface area contributed by atoms with Gasteiger partial charge in [0, 0.05) is 12.6 Å². The Labute approximate surface area is 154 Å². The number of halogens is 1. The molecule has 10 heteroatoms. The second kappa shape index (κ2) is 9.71. The molecule has 1 unspecified atom stereocenters. The van der Waals surface area contributed by atoms with Crippen molar-refractivity contribution in [1.82, 2.24) is 10.6 Å². The number of amides is 2. The van der Waals surface area contributed by atoms with Gasteiger partial charge in [0.1, 0.15) is 5.56 Å². The molecule has 0 aromatic heterocycles. The zero-order chi connectivity index (χ0) is 19.9. The summed E-state index contributed by atoms with van der Waals surface area (Å²) in [4.78, 5) is 45.3. The van der Waals surface area contributed by atoms with Gasteiger partial charge in [-0.25, -0.2) is 0 Å². The smallest absolute Gasteiger partial charge is 0.308 e. The van der Waals surface area contributed by atoms with E-state index in [-0.39, 0.29) is 23.0 Å². The van der Waals surface area contributed by atoms with Crippen LogP contribution in [0.2, 0.25) is 5.02 Å². The molecule has 0 aliphatic carbocycles. The van der Waals surface area contributed by atoms with E-state index in [1.54, 1.807) is 0 Å². The number of hydrogen-bond donors (Lipinski definition) is 3. The minimum atomic E-state index is -1.02. The fourth-order valence-corrected chi connectivity index (χ4v) is 2.53. The van der Waals surface area contributed by atoms with Crippen LogP contribution in [-0.2, 0) is 9.59 Å². The zero-order valence-corrected chi connectivity index (χ0v) is 15.1. The largest absolute Gasteiger partial charge is 0.481 e. The molecule has 0 radical (unpaired) electrons. The third-order valence-electron chi connectivity index (χ3n) is 3.48. The van der Waals surface area contributed by atoms with Gasteiger partial charge >= 0.3 is 5.97 Å². The number of benzene rings is 1. The predicted molar refractivity (Wildman–Crippen MR) is 94.0 cm³/mol. The molecular formula is C16H20ClN3O6. The summed E-state index contributed by atoms with van der Waals surface area (Å²) in [5.74, 6) is -3.08. The van der Waals surface area contributed by atoms with Crippen LogP contribution in [0.25, 0.3) is 0 Å². The third kappa shape index (κ3) is 6.32. The van der Waals surface area contributed by atoms with E-state index in [2.05, 4.69) is 10.6 Å². The number of carboxylic acid groups (broad SMARTS) is 1. The normalized spacial score (nSPS) is 11.7. The molecule has 3 N–H and O–H groups in total. The van der Waals surface area contributed by atoms with Gasteiger partial charge in [-0.05, 0) is 18.4 Å². The summed E-state index contributed by atoms with van der Waals surface area (Å²) >= 11 is 5.84. The van der Waals surface area contributed by atoms with Crippen LogP contribution < -0.4 is 10.6 Å². The van der Waals surface area contributed by atoms with Crippen molar-refractivity contribution < 1.29 is 24.4 Å². The monoisotopic (exact) mass is 385 g/mol. The summed E-state index contributed by atoms with van der Waals surface area (Å²) in [5, 5.41) is 24.7. The lowest BCUT2D eigenvalue weighted by Crippen LogP contribution is -2.40. The van der Waals surface area contributed by atoms with E-state index in [1.165, 1.54) is 12.1 Å². The maximum absolute atomic E-state index is 12.1. The minimum absolute atomic E-state index is 0.0749. The van der Waals surface area contributed by atoms with Crippen LogP contribution in [0.15, 0.2) is 18.2 Å². The van der Waals surface area contributed by atoms with Crippen molar-refractivity contribution in [3.8, 4) is 0 Å². The van der Waals surface area contributed by atoms with Crippen molar-refractivity contribution in [2.45, 2.75) is 20.3 Å². The number of carbonyl (C=O) groups is 3. The van der Waals surface area contributed by atoms with Gasteiger partial charge in [-0.15, -0.1) is 0 Å². The van der Waals surface area contributed by atoms with Crippen LogP contribution in [-0.4, -0.2) is 40.9 Å². The van der Waals surface area contributed by atoms with E-state index in [9.17, 15) is 24.5 Å². The number of aliphatic carboxylic acids is 1. The molecule has 1 aromatic rings. The SMILES string of the molecule is CC(C)CC(CNC(=O)CNC(=O)c1c(Cl)cccc1[N+](=O)[O-])C(=O)O.